The quantitative estimate of drug-likeness (QED) is 0.786. The third-order valence-corrected chi connectivity index (χ3v) is 3.77. The van der Waals surface area contributed by atoms with Gasteiger partial charge in [-0.05, 0) is 26.7 Å². The molecule has 0 amide bonds. The van der Waals surface area contributed by atoms with Gasteiger partial charge in [0.2, 0.25) is 0 Å². The Labute approximate surface area is 104 Å². The summed E-state index contributed by atoms with van der Waals surface area (Å²) in [6.45, 7) is 4.37. The number of rotatable bonds is 3. The van der Waals surface area contributed by atoms with Crippen molar-refractivity contribution in [2.75, 3.05) is 6.61 Å². The number of ether oxygens (including phenoxy) is 1. The van der Waals surface area contributed by atoms with E-state index in [2.05, 4.69) is 10.2 Å². The Morgan fingerprint density at radius 3 is 2.65 bits per heavy atom. The van der Waals surface area contributed by atoms with E-state index in [9.17, 15) is 8.42 Å². The first kappa shape index (κ1) is 12.8. The SMILES string of the molecule is CC(C)n1c(C2CCCO2)nnc1S(=O)(=O)Cl. The van der Waals surface area contributed by atoms with Crippen LogP contribution in [0.15, 0.2) is 5.16 Å². The van der Waals surface area contributed by atoms with Gasteiger partial charge in [-0.3, -0.25) is 4.57 Å². The fraction of sp³-hybridized carbons (Fsp3) is 0.778. The third-order valence-electron chi connectivity index (χ3n) is 2.64. The summed E-state index contributed by atoms with van der Waals surface area (Å²) in [4.78, 5) is 0. The summed E-state index contributed by atoms with van der Waals surface area (Å²) in [7, 11) is 1.45. The van der Waals surface area contributed by atoms with Gasteiger partial charge in [0.25, 0.3) is 14.2 Å². The minimum atomic E-state index is -3.88. The van der Waals surface area contributed by atoms with E-state index in [-0.39, 0.29) is 17.3 Å². The number of nitrogens with zero attached hydrogens (tertiary/aromatic N) is 3. The molecule has 1 aliphatic rings. The number of aromatic nitrogens is 3. The zero-order chi connectivity index (χ0) is 12.6. The lowest BCUT2D eigenvalue weighted by Gasteiger charge is -2.15. The van der Waals surface area contributed by atoms with Crippen LogP contribution in [0.25, 0.3) is 0 Å². The Morgan fingerprint density at radius 1 is 1.47 bits per heavy atom. The topological polar surface area (TPSA) is 74.1 Å². The van der Waals surface area contributed by atoms with Crippen LogP contribution in [0.3, 0.4) is 0 Å². The van der Waals surface area contributed by atoms with Crippen LogP contribution >= 0.6 is 10.7 Å². The molecule has 1 unspecified atom stereocenters. The molecule has 6 nitrogen and oxygen atoms in total. The fourth-order valence-corrected chi connectivity index (χ4v) is 2.93. The van der Waals surface area contributed by atoms with Crippen LogP contribution in [0.4, 0.5) is 0 Å². The van der Waals surface area contributed by atoms with Crippen molar-refractivity contribution in [2.24, 2.45) is 0 Å². The predicted octanol–water partition coefficient (Wildman–Crippen LogP) is 1.64. The van der Waals surface area contributed by atoms with Crippen LogP contribution in [0, 0.1) is 0 Å². The number of hydrogen-bond acceptors (Lipinski definition) is 5. The van der Waals surface area contributed by atoms with E-state index in [0.29, 0.717) is 12.4 Å². The summed E-state index contributed by atoms with van der Waals surface area (Å²) < 4.78 is 29.8. The molecule has 0 N–H and O–H groups in total. The van der Waals surface area contributed by atoms with Gasteiger partial charge in [-0.1, -0.05) is 0 Å². The smallest absolute Gasteiger partial charge is 0.296 e. The van der Waals surface area contributed by atoms with Gasteiger partial charge in [-0.15, -0.1) is 10.2 Å². The number of halogens is 1. The molecule has 1 fully saturated rings. The Bertz CT molecular complexity index is 506. The maximum Gasteiger partial charge on any atom is 0.296 e. The molecule has 1 saturated heterocycles. The number of hydrogen-bond donors (Lipinski definition) is 0. The van der Waals surface area contributed by atoms with Crippen molar-refractivity contribution in [3.8, 4) is 0 Å². The monoisotopic (exact) mass is 279 g/mol. The van der Waals surface area contributed by atoms with E-state index >= 15 is 0 Å². The van der Waals surface area contributed by atoms with Crippen LogP contribution in [-0.4, -0.2) is 29.8 Å². The van der Waals surface area contributed by atoms with Crippen LogP contribution in [-0.2, 0) is 13.8 Å². The minimum absolute atomic E-state index is 0.0901. The van der Waals surface area contributed by atoms with E-state index in [1.165, 1.54) is 4.57 Å². The van der Waals surface area contributed by atoms with E-state index in [4.69, 9.17) is 15.4 Å². The minimum Gasteiger partial charge on any atom is -0.370 e. The highest BCUT2D eigenvalue weighted by atomic mass is 35.7. The Balaban J connectivity index is 2.50. The lowest BCUT2D eigenvalue weighted by molar-refractivity contribution is 0.1000. The summed E-state index contributed by atoms with van der Waals surface area (Å²) in [5.41, 5.74) is 0. The summed E-state index contributed by atoms with van der Waals surface area (Å²) in [6.07, 6.45) is 1.59. The first-order valence-electron chi connectivity index (χ1n) is 5.42. The highest BCUT2D eigenvalue weighted by Gasteiger charge is 2.30. The second kappa shape index (κ2) is 4.55. The molecule has 1 aliphatic heterocycles. The fourth-order valence-electron chi connectivity index (χ4n) is 1.94. The normalized spacial score (nSPS) is 21.3. The molecule has 1 aromatic heterocycles. The molecule has 0 radical (unpaired) electrons. The summed E-state index contributed by atoms with van der Waals surface area (Å²) in [5.74, 6) is 0.539. The molecule has 0 aromatic carbocycles. The van der Waals surface area contributed by atoms with Gasteiger partial charge in [0.15, 0.2) is 5.82 Å². The largest absolute Gasteiger partial charge is 0.370 e. The molecule has 2 heterocycles. The van der Waals surface area contributed by atoms with Gasteiger partial charge in [-0.2, -0.15) is 0 Å². The molecular weight excluding hydrogens is 266 g/mol. The van der Waals surface area contributed by atoms with Gasteiger partial charge in [0.1, 0.15) is 6.10 Å². The zero-order valence-electron chi connectivity index (χ0n) is 9.63. The van der Waals surface area contributed by atoms with Gasteiger partial charge >= 0.3 is 0 Å². The van der Waals surface area contributed by atoms with Gasteiger partial charge in [-0.25, -0.2) is 8.42 Å². The summed E-state index contributed by atoms with van der Waals surface area (Å²) in [5, 5.41) is 7.37. The maximum atomic E-state index is 11.4. The predicted molar refractivity (Wildman–Crippen MR) is 61.4 cm³/mol. The maximum absolute atomic E-state index is 11.4. The van der Waals surface area contributed by atoms with Crippen LogP contribution in [0.1, 0.15) is 44.7 Å². The van der Waals surface area contributed by atoms with Crippen molar-refractivity contribution in [3.63, 3.8) is 0 Å². The van der Waals surface area contributed by atoms with Gasteiger partial charge in [0, 0.05) is 23.3 Å². The van der Waals surface area contributed by atoms with E-state index in [1.54, 1.807) is 0 Å². The van der Waals surface area contributed by atoms with E-state index in [1.807, 2.05) is 13.8 Å². The molecule has 0 spiro atoms. The molecular formula is C9H14ClN3O3S. The standard InChI is InChI=1S/C9H14ClN3O3S/c1-6(2)13-8(7-4-3-5-16-7)11-12-9(13)17(10,14)15/h6-7H,3-5H2,1-2H3. The van der Waals surface area contributed by atoms with Crippen molar-refractivity contribution in [2.45, 2.75) is 44.0 Å². The average molecular weight is 280 g/mol. The molecule has 1 aromatic rings. The van der Waals surface area contributed by atoms with Crippen LogP contribution < -0.4 is 0 Å². The van der Waals surface area contributed by atoms with E-state index in [0.717, 1.165) is 12.8 Å². The molecule has 1 atom stereocenters. The zero-order valence-corrected chi connectivity index (χ0v) is 11.2. The molecule has 96 valence electrons. The van der Waals surface area contributed by atoms with Crippen molar-refractivity contribution < 1.29 is 13.2 Å². The Hall–Kier alpha value is -0.660. The average Bonchev–Trinajstić information content (AvgIpc) is 2.84. The highest BCUT2D eigenvalue weighted by molar-refractivity contribution is 8.13. The molecule has 8 heteroatoms. The van der Waals surface area contributed by atoms with Gasteiger partial charge in [0.05, 0.1) is 0 Å². The molecule has 0 saturated carbocycles. The lowest BCUT2D eigenvalue weighted by Crippen LogP contribution is -2.14. The van der Waals surface area contributed by atoms with Gasteiger partial charge < -0.3 is 4.74 Å². The molecule has 2 rings (SSSR count). The lowest BCUT2D eigenvalue weighted by atomic mass is 10.2. The van der Waals surface area contributed by atoms with Crippen molar-refractivity contribution in [3.05, 3.63) is 5.82 Å². The Morgan fingerprint density at radius 2 is 2.18 bits per heavy atom. The van der Waals surface area contributed by atoms with Crippen molar-refractivity contribution in [1.29, 1.82) is 0 Å². The Kier molecular flexibility index (Phi) is 3.42. The highest BCUT2D eigenvalue weighted by Crippen LogP contribution is 2.30. The second-order valence-electron chi connectivity index (χ2n) is 4.24. The van der Waals surface area contributed by atoms with Crippen LogP contribution in [0.2, 0.25) is 0 Å². The summed E-state index contributed by atoms with van der Waals surface area (Å²) >= 11 is 0. The summed E-state index contributed by atoms with van der Waals surface area (Å²) in [6, 6.07) is -0.0901. The first-order chi connectivity index (χ1) is 7.91. The van der Waals surface area contributed by atoms with Crippen molar-refractivity contribution in [1.82, 2.24) is 14.8 Å². The first-order valence-corrected chi connectivity index (χ1v) is 7.73. The molecule has 0 aliphatic carbocycles. The van der Waals surface area contributed by atoms with Crippen molar-refractivity contribution >= 4 is 19.7 Å². The third kappa shape index (κ3) is 2.46. The van der Waals surface area contributed by atoms with Crippen LogP contribution in [0.5, 0.6) is 0 Å². The second-order valence-corrected chi connectivity index (χ2v) is 6.70. The molecule has 0 bridgehead atoms. The van der Waals surface area contributed by atoms with E-state index < -0.39 is 9.05 Å². The molecule has 17 heavy (non-hydrogen) atoms.